The maximum absolute atomic E-state index is 12.5. The fourth-order valence-electron chi connectivity index (χ4n) is 2.67. The van der Waals surface area contributed by atoms with Crippen LogP contribution in [0.3, 0.4) is 0 Å². The Morgan fingerprint density at radius 3 is 2.73 bits per heavy atom. The van der Waals surface area contributed by atoms with Gasteiger partial charge in [-0.05, 0) is 18.2 Å². The minimum Gasteiger partial charge on any atom is -0.495 e. The van der Waals surface area contributed by atoms with Gasteiger partial charge in [0.25, 0.3) is 11.8 Å². The molecule has 1 atom stereocenters. The summed E-state index contributed by atoms with van der Waals surface area (Å²) in [6.45, 7) is 0.983. The van der Waals surface area contributed by atoms with E-state index in [0.29, 0.717) is 47.7 Å². The molecule has 1 N–H and O–H groups in total. The predicted molar refractivity (Wildman–Crippen MR) is 96.2 cm³/mol. The van der Waals surface area contributed by atoms with E-state index in [0.717, 1.165) is 0 Å². The van der Waals surface area contributed by atoms with Gasteiger partial charge in [0.1, 0.15) is 11.9 Å². The van der Waals surface area contributed by atoms with E-state index in [1.165, 1.54) is 26.6 Å². The fraction of sp³-hybridized carbons (Fsp3) is 0.353. The van der Waals surface area contributed by atoms with Crippen molar-refractivity contribution < 1.29 is 19.0 Å². The first-order valence-electron chi connectivity index (χ1n) is 8.02. The predicted octanol–water partition coefficient (Wildman–Crippen LogP) is 2.83. The molecule has 1 aromatic heterocycles. The summed E-state index contributed by atoms with van der Waals surface area (Å²) in [5.41, 5.74) is 0.518. The molecule has 3 rings (SSSR count). The molecule has 1 aliphatic rings. The Kier molecular flexibility index (Phi) is 5.62. The maximum atomic E-state index is 12.5. The molecule has 8 nitrogen and oxygen atoms in total. The van der Waals surface area contributed by atoms with Crippen molar-refractivity contribution in [1.29, 1.82) is 0 Å². The highest BCUT2D eigenvalue weighted by Crippen LogP contribution is 2.29. The number of ether oxygens (including phenoxy) is 3. The van der Waals surface area contributed by atoms with Gasteiger partial charge in [-0.1, -0.05) is 11.6 Å². The number of carbonyl (C=O) groups excluding carboxylic acids is 1. The number of aromatic nitrogens is 2. The second kappa shape index (κ2) is 8.09. The Bertz CT molecular complexity index is 789. The summed E-state index contributed by atoms with van der Waals surface area (Å²) < 4.78 is 16.2. The fourth-order valence-corrected chi connectivity index (χ4v) is 2.84. The third kappa shape index (κ3) is 4.08. The Labute approximate surface area is 156 Å². The summed E-state index contributed by atoms with van der Waals surface area (Å²) >= 11 is 5.99. The first kappa shape index (κ1) is 18.1. The number of nitrogens with one attached hydrogen (secondary N) is 1. The molecule has 26 heavy (non-hydrogen) atoms. The van der Waals surface area contributed by atoms with Gasteiger partial charge in [-0.3, -0.25) is 0 Å². The Morgan fingerprint density at radius 2 is 2.00 bits per heavy atom. The van der Waals surface area contributed by atoms with Gasteiger partial charge in [-0.15, -0.1) is 0 Å². The summed E-state index contributed by atoms with van der Waals surface area (Å²) in [4.78, 5) is 22.4. The molecule has 1 unspecified atom stereocenters. The van der Waals surface area contributed by atoms with Crippen molar-refractivity contribution in [2.45, 2.75) is 12.5 Å². The lowest BCUT2D eigenvalue weighted by Gasteiger charge is -2.19. The average Bonchev–Trinajstić information content (AvgIpc) is 3.11. The minimum atomic E-state index is -0.247. The van der Waals surface area contributed by atoms with Crippen LogP contribution in [0.5, 0.6) is 17.5 Å². The quantitative estimate of drug-likeness (QED) is 0.861. The van der Waals surface area contributed by atoms with Crippen molar-refractivity contribution >= 4 is 23.3 Å². The van der Waals surface area contributed by atoms with Crippen molar-refractivity contribution in [3.8, 4) is 17.5 Å². The van der Waals surface area contributed by atoms with Crippen LogP contribution in [0.2, 0.25) is 5.02 Å². The Hall–Kier alpha value is -2.74. The largest absolute Gasteiger partial charge is 0.495 e. The molecule has 1 aromatic carbocycles. The molecule has 138 valence electrons. The first-order chi connectivity index (χ1) is 12.6. The number of hydrogen-bond donors (Lipinski definition) is 1. The topological polar surface area (TPSA) is 85.8 Å². The zero-order valence-electron chi connectivity index (χ0n) is 14.4. The van der Waals surface area contributed by atoms with Crippen LogP contribution in [0, 0.1) is 0 Å². The monoisotopic (exact) mass is 378 g/mol. The smallest absolute Gasteiger partial charge is 0.322 e. The van der Waals surface area contributed by atoms with E-state index >= 15 is 0 Å². The second-order valence-electron chi connectivity index (χ2n) is 5.62. The molecule has 2 aromatic rings. The maximum Gasteiger partial charge on any atom is 0.322 e. The number of carbonyl (C=O) groups is 1. The number of halogens is 1. The van der Waals surface area contributed by atoms with Crippen molar-refractivity contribution in [3.63, 3.8) is 0 Å². The number of amides is 2. The summed E-state index contributed by atoms with van der Waals surface area (Å²) in [5.74, 6) is 1.18. The molecule has 0 radical (unpaired) electrons. The molecule has 0 saturated carbocycles. The highest BCUT2D eigenvalue weighted by molar-refractivity contribution is 6.31. The van der Waals surface area contributed by atoms with E-state index in [4.69, 9.17) is 25.8 Å². The lowest BCUT2D eigenvalue weighted by Crippen LogP contribution is -2.34. The van der Waals surface area contributed by atoms with Crippen LogP contribution in [0.1, 0.15) is 6.42 Å². The first-order valence-corrected chi connectivity index (χ1v) is 8.39. The van der Waals surface area contributed by atoms with Gasteiger partial charge in [0.15, 0.2) is 0 Å². The van der Waals surface area contributed by atoms with E-state index in [2.05, 4.69) is 15.3 Å². The van der Waals surface area contributed by atoms with Crippen LogP contribution in [0.4, 0.5) is 10.5 Å². The summed E-state index contributed by atoms with van der Waals surface area (Å²) in [7, 11) is 3.04. The molecule has 1 aliphatic heterocycles. The molecule has 0 bridgehead atoms. The Morgan fingerprint density at radius 1 is 1.23 bits per heavy atom. The van der Waals surface area contributed by atoms with Crippen molar-refractivity contribution in [1.82, 2.24) is 14.9 Å². The van der Waals surface area contributed by atoms with Gasteiger partial charge in [-0.25, -0.2) is 14.8 Å². The lowest BCUT2D eigenvalue weighted by molar-refractivity contribution is 0.182. The van der Waals surface area contributed by atoms with Gasteiger partial charge in [0.2, 0.25) is 0 Å². The van der Waals surface area contributed by atoms with Crippen molar-refractivity contribution in [2.24, 2.45) is 0 Å². The third-order valence-corrected chi connectivity index (χ3v) is 4.18. The lowest BCUT2D eigenvalue weighted by atomic mass is 10.3. The SMILES string of the molecule is COc1ccc(Cl)cc1NC(=O)N1CCC(Oc2nccnc2OC)C1. The molecule has 2 heterocycles. The van der Waals surface area contributed by atoms with Crippen molar-refractivity contribution in [2.75, 3.05) is 32.6 Å². The number of hydrogen-bond acceptors (Lipinski definition) is 6. The van der Waals surface area contributed by atoms with Crippen LogP contribution in [-0.2, 0) is 0 Å². The number of urea groups is 1. The highest BCUT2D eigenvalue weighted by Gasteiger charge is 2.29. The standard InChI is InChI=1S/C17H19ClN4O4/c1-24-14-4-3-11(18)9-13(14)21-17(23)22-8-5-12(10-22)26-16-15(25-2)19-6-7-20-16/h3-4,6-7,9,12H,5,8,10H2,1-2H3,(H,21,23). The van der Waals surface area contributed by atoms with Crippen LogP contribution < -0.4 is 19.5 Å². The zero-order chi connectivity index (χ0) is 18.5. The number of anilines is 1. The summed E-state index contributed by atoms with van der Waals surface area (Å²) in [6.07, 6.45) is 3.55. The number of rotatable bonds is 5. The molecule has 1 fully saturated rings. The summed E-state index contributed by atoms with van der Waals surface area (Å²) in [6, 6.07) is 4.80. The van der Waals surface area contributed by atoms with Gasteiger partial charge in [-0.2, -0.15) is 0 Å². The molecule has 1 saturated heterocycles. The van der Waals surface area contributed by atoms with E-state index in [-0.39, 0.29) is 12.1 Å². The van der Waals surface area contributed by atoms with Gasteiger partial charge >= 0.3 is 6.03 Å². The third-order valence-electron chi connectivity index (χ3n) is 3.94. The number of nitrogens with zero attached hydrogens (tertiary/aromatic N) is 3. The Balaban J connectivity index is 1.62. The van der Waals surface area contributed by atoms with Gasteiger partial charge in [0.05, 0.1) is 26.5 Å². The summed E-state index contributed by atoms with van der Waals surface area (Å²) in [5, 5.41) is 3.33. The van der Waals surface area contributed by atoms with E-state index in [1.807, 2.05) is 0 Å². The highest BCUT2D eigenvalue weighted by atomic mass is 35.5. The van der Waals surface area contributed by atoms with E-state index in [9.17, 15) is 4.79 Å². The van der Waals surface area contributed by atoms with E-state index < -0.39 is 0 Å². The van der Waals surface area contributed by atoms with Crippen molar-refractivity contribution in [3.05, 3.63) is 35.6 Å². The molecular weight excluding hydrogens is 360 g/mol. The van der Waals surface area contributed by atoms with Crippen LogP contribution in [-0.4, -0.2) is 54.3 Å². The molecule has 9 heteroatoms. The number of benzene rings is 1. The normalized spacial score (nSPS) is 16.3. The van der Waals surface area contributed by atoms with Crippen LogP contribution in [0.25, 0.3) is 0 Å². The number of likely N-dealkylation sites (tertiary alicyclic amines) is 1. The van der Waals surface area contributed by atoms with Gasteiger partial charge in [0, 0.05) is 30.4 Å². The second-order valence-corrected chi connectivity index (χ2v) is 6.06. The van der Waals surface area contributed by atoms with Gasteiger partial charge < -0.3 is 24.4 Å². The molecular formula is C17H19ClN4O4. The van der Waals surface area contributed by atoms with Crippen LogP contribution in [0.15, 0.2) is 30.6 Å². The van der Waals surface area contributed by atoms with E-state index in [1.54, 1.807) is 23.1 Å². The average molecular weight is 379 g/mol. The zero-order valence-corrected chi connectivity index (χ0v) is 15.2. The molecule has 0 spiro atoms. The molecule has 0 aliphatic carbocycles. The minimum absolute atomic E-state index is 0.187. The molecule has 2 amide bonds. The number of methoxy groups -OCH3 is 2. The van der Waals surface area contributed by atoms with Crippen LogP contribution >= 0.6 is 11.6 Å².